The molecule has 2 rings (SSSR count). The van der Waals surface area contributed by atoms with Gasteiger partial charge in [-0.2, -0.15) is 0 Å². The van der Waals surface area contributed by atoms with E-state index in [2.05, 4.69) is 25.2 Å². The van der Waals surface area contributed by atoms with Crippen LogP contribution in [0.2, 0.25) is 0 Å². The highest BCUT2D eigenvalue weighted by atomic mass is 16.5. The topological polar surface area (TPSA) is 34.4 Å². The van der Waals surface area contributed by atoms with Gasteiger partial charge in [-0.15, -0.1) is 0 Å². The van der Waals surface area contributed by atoms with E-state index in [0.717, 1.165) is 29.0 Å². The van der Waals surface area contributed by atoms with Crippen molar-refractivity contribution in [2.24, 2.45) is 0 Å². The van der Waals surface area contributed by atoms with Gasteiger partial charge in [0.25, 0.3) is 0 Å². The first-order valence-corrected chi connectivity index (χ1v) is 5.55. The highest BCUT2D eigenvalue weighted by Gasteiger charge is 2.10. The lowest BCUT2D eigenvalue weighted by Crippen LogP contribution is -2.16. The summed E-state index contributed by atoms with van der Waals surface area (Å²) in [4.78, 5) is 0. The normalized spacial score (nSPS) is 12.9. The summed E-state index contributed by atoms with van der Waals surface area (Å²) in [7, 11) is 1.67. The predicted octanol–water partition coefficient (Wildman–Crippen LogP) is 3.11. The van der Waals surface area contributed by atoms with Gasteiger partial charge in [0.15, 0.2) is 0 Å². The minimum absolute atomic E-state index is 0.239. The lowest BCUT2D eigenvalue weighted by molar-refractivity contribution is 0.415. The molecule has 86 valence electrons. The number of hydrogen-bond acceptors (Lipinski definition) is 3. The molecule has 0 fully saturated rings. The monoisotopic (exact) mass is 219 g/mol. The van der Waals surface area contributed by atoms with Gasteiger partial charge >= 0.3 is 0 Å². The molecule has 0 radical (unpaired) electrons. The van der Waals surface area contributed by atoms with E-state index in [0.29, 0.717) is 0 Å². The Morgan fingerprint density at radius 2 is 2.19 bits per heavy atom. The Kier molecular flexibility index (Phi) is 3.15. The van der Waals surface area contributed by atoms with Crippen LogP contribution in [-0.4, -0.2) is 13.7 Å². The third-order valence-corrected chi connectivity index (χ3v) is 2.68. The molecule has 0 aliphatic carbocycles. The molecule has 0 bridgehead atoms. The van der Waals surface area contributed by atoms with Crippen molar-refractivity contribution in [1.82, 2.24) is 5.32 Å². The Labute approximate surface area is 95.4 Å². The fraction of sp³-hybridized carbons (Fsp3) is 0.385. The summed E-state index contributed by atoms with van der Waals surface area (Å²) in [6.45, 7) is 5.11. The summed E-state index contributed by atoms with van der Waals surface area (Å²) < 4.78 is 10.9. The van der Waals surface area contributed by atoms with Gasteiger partial charge in [-0.3, -0.25) is 0 Å². The van der Waals surface area contributed by atoms with Crippen molar-refractivity contribution in [1.29, 1.82) is 0 Å². The Bertz CT molecular complexity index is 476. The number of hydrogen-bond donors (Lipinski definition) is 1. The molecule has 1 aromatic carbocycles. The summed E-state index contributed by atoms with van der Waals surface area (Å²) in [5.74, 6) is 1.82. The quantitative estimate of drug-likeness (QED) is 0.858. The van der Waals surface area contributed by atoms with Crippen LogP contribution in [0.1, 0.15) is 25.6 Å². The van der Waals surface area contributed by atoms with Gasteiger partial charge in [0.2, 0.25) is 0 Å². The predicted molar refractivity (Wildman–Crippen MR) is 64.9 cm³/mol. The van der Waals surface area contributed by atoms with Crippen LogP contribution in [0, 0.1) is 0 Å². The molecule has 0 saturated carbocycles. The van der Waals surface area contributed by atoms with Crippen molar-refractivity contribution in [3.8, 4) is 5.75 Å². The van der Waals surface area contributed by atoms with Crippen molar-refractivity contribution in [3.05, 3.63) is 30.0 Å². The molecule has 3 nitrogen and oxygen atoms in total. The third kappa shape index (κ3) is 2.04. The van der Waals surface area contributed by atoms with Gasteiger partial charge in [0.1, 0.15) is 17.1 Å². The van der Waals surface area contributed by atoms with Crippen molar-refractivity contribution >= 4 is 11.0 Å². The highest BCUT2D eigenvalue weighted by molar-refractivity contribution is 5.79. The molecule has 1 heterocycles. The number of fused-ring (bicyclic) bond motifs is 1. The van der Waals surface area contributed by atoms with Crippen LogP contribution < -0.4 is 10.1 Å². The van der Waals surface area contributed by atoms with Crippen LogP contribution in [-0.2, 0) is 0 Å². The van der Waals surface area contributed by atoms with Gasteiger partial charge in [-0.05, 0) is 37.7 Å². The second kappa shape index (κ2) is 4.58. The van der Waals surface area contributed by atoms with Crippen LogP contribution in [0.3, 0.4) is 0 Å². The van der Waals surface area contributed by atoms with E-state index < -0.39 is 0 Å². The smallest absolute Gasteiger partial charge is 0.134 e. The molecule has 1 aromatic heterocycles. The van der Waals surface area contributed by atoms with Gasteiger partial charge in [-0.25, -0.2) is 0 Å². The first kappa shape index (κ1) is 11.0. The zero-order valence-electron chi connectivity index (χ0n) is 9.91. The number of rotatable bonds is 4. The van der Waals surface area contributed by atoms with Gasteiger partial charge in [0.05, 0.1) is 13.2 Å². The van der Waals surface area contributed by atoms with E-state index in [1.165, 1.54) is 0 Å². The minimum Gasteiger partial charge on any atom is -0.497 e. The van der Waals surface area contributed by atoms with E-state index >= 15 is 0 Å². The molecule has 0 saturated heterocycles. The van der Waals surface area contributed by atoms with Crippen molar-refractivity contribution in [2.45, 2.75) is 19.9 Å². The maximum Gasteiger partial charge on any atom is 0.134 e. The van der Waals surface area contributed by atoms with E-state index in [-0.39, 0.29) is 6.04 Å². The number of nitrogens with one attached hydrogen (secondary N) is 1. The van der Waals surface area contributed by atoms with Gasteiger partial charge in [-0.1, -0.05) is 6.92 Å². The molecule has 1 unspecified atom stereocenters. The van der Waals surface area contributed by atoms with Crippen molar-refractivity contribution < 1.29 is 9.15 Å². The summed E-state index contributed by atoms with van der Waals surface area (Å²) in [6, 6.07) is 8.14. The molecule has 0 aliphatic heterocycles. The molecule has 16 heavy (non-hydrogen) atoms. The molecular formula is C13H17NO2. The molecule has 0 spiro atoms. The first-order valence-electron chi connectivity index (χ1n) is 5.55. The van der Waals surface area contributed by atoms with Crippen LogP contribution in [0.4, 0.5) is 0 Å². The Balaban J connectivity index is 2.35. The lowest BCUT2D eigenvalue weighted by atomic mass is 10.2. The molecule has 2 aromatic rings. The number of methoxy groups -OCH3 is 1. The molecule has 1 atom stereocenters. The maximum atomic E-state index is 5.76. The average Bonchev–Trinajstić information content (AvgIpc) is 2.71. The van der Waals surface area contributed by atoms with E-state index in [4.69, 9.17) is 9.15 Å². The number of ether oxygens (including phenoxy) is 1. The Morgan fingerprint density at radius 1 is 1.38 bits per heavy atom. The summed E-state index contributed by atoms with van der Waals surface area (Å²) in [5, 5.41) is 4.41. The minimum atomic E-state index is 0.239. The largest absolute Gasteiger partial charge is 0.497 e. The maximum absolute atomic E-state index is 5.76. The van der Waals surface area contributed by atoms with Crippen LogP contribution in [0.5, 0.6) is 5.75 Å². The Morgan fingerprint density at radius 3 is 2.88 bits per heavy atom. The summed E-state index contributed by atoms with van der Waals surface area (Å²) >= 11 is 0. The number of benzene rings is 1. The fourth-order valence-electron chi connectivity index (χ4n) is 1.79. The fourth-order valence-corrected chi connectivity index (χ4v) is 1.79. The SMILES string of the molecule is CCNC(C)c1cc2cc(OC)ccc2o1. The Hall–Kier alpha value is -1.48. The third-order valence-electron chi connectivity index (χ3n) is 2.68. The van der Waals surface area contributed by atoms with Crippen molar-refractivity contribution in [2.75, 3.05) is 13.7 Å². The summed E-state index contributed by atoms with van der Waals surface area (Å²) in [6.07, 6.45) is 0. The molecule has 3 heteroatoms. The van der Waals surface area contributed by atoms with Crippen molar-refractivity contribution in [3.63, 3.8) is 0 Å². The van der Waals surface area contributed by atoms with E-state index in [1.54, 1.807) is 7.11 Å². The molecule has 0 amide bonds. The standard InChI is InChI=1S/C13H17NO2/c1-4-14-9(2)13-8-10-7-11(15-3)5-6-12(10)16-13/h5-9,14H,4H2,1-3H3. The van der Waals surface area contributed by atoms with Crippen LogP contribution >= 0.6 is 0 Å². The summed E-state index contributed by atoms with van der Waals surface area (Å²) in [5.41, 5.74) is 0.903. The number of furan rings is 1. The second-order valence-corrected chi connectivity index (χ2v) is 3.83. The zero-order valence-corrected chi connectivity index (χ0v) is 9.91. The molecule has 1 N–H and O–H groups in total. The first-order chi connectivity index (χ1) is 7.74. The van der Waals surface area contributed by atoms with Crippen LogP contribution in [0.15, 0.2) is 28.7 Å². The lowest BCUT2D eigenvalue weighted by Gasteiger charge is -2.07. The molecular weight excluding hydrogens is 202 g/mol. The van der Waals surface area contributed by atoms with E-state index in [9.17, 15) is 0 Å². The van der Waals surface area contributed by atoms with Crippen LogP contribution in [0.25, 0.3) is 11.0 Å². The van der Waals surface area contributed by atoms with Gasteiger partial charge in [0, 0.05) is 5.39 Å². The zero-order chi connectivity index (χ0) is 11.5. The highest BCUT2D eigenvalue weighted by Crippen LogP contribution is 2.26. The molecule has 0 aliphatic rings. The average molecular weight is 219 g/mol. The van der Waals surface area contributed by atoms with Gasteiger partial charge < -0.3 is 14.5 Å². The second-order valence-electron chi connectivity index (χ2n) is 3.83. The van der Waals surface area contributed by atoms with E-state index in [1.807, 2.05) is 18.2 Å².